The van der Waals surface area contributed by atoms with E-state index in [9.17, 15) is 13.2 Å². The van der Waals surface area contributed by atoms with Gasteiger partial charge in [-0.3, -0.25) is 4.72 Å². The van der Waals surface area contributed by atoms with Crippen molar-refractivity contribution in [3.05, 3.63) is 102 Å². The Morgan fingerprint density at radius 3 is 2.41 bits per heavy atom. The highest BCUT2D eigenvalue weighted by Crippen LogP contribution is 2.20. The zero-order valence-corrected chi connectivity index (χ0v) is 17.3. The van der Waals surface area contributed by atoms with Crippen LogP contribution in [0.15, 0.2) is 90.2 Å². The van der Waals surface area contributed by atoms with Gasteiger partial charge in [0.15, 0.2) is 0 Å². The molecule has 0 aliphatic heterocycles. The average molecular weight is 444 g/mol. The van der Waals surface area contributed by atoms with E-state index >= 15 is 0 Å². The number of carbonyl (C=O) groups is 1. The van der Waals surface area contributed by atoms with Crippen molar-refractivity contribution in [1.82, 2.24) is 14.8 Å². The molecular weight excluding hydrogens is 428 g/mol. The molecule has 2 aromatic heterocycles. The van der Waals surface area contributed by atoms with E-state index in [0.29, 0.717) is 16.8 Å². The van der Waals surface area contributed by atoms with Crippen molar-refractivity contribution in [1.29, 1.82) is 0 Å². The largest absolute Gasteiger partial charge is 0.477 e. The van der Waals surface area contributed by atoms with E-state index in [-0.39, 0.29) is 10.6 Å². The third-order valence-corrected chi connectivity index (χ3v) is 5.79. The molecule has 0 saturated carbocycles. The summed E-state index contributed by atoms with van der Waals surface area (Å²) < 4.78 is 30.0. The molecule has 2 aromatic carbocycles. The van der Waals surface area contributed by atoms with Gasteiger partial charge in [-0.25, -0.2) is 22.9 Å². The monoisotopic (exact) mass is 444 g/mol. The molecule has 32 heavy (non-hydrogen) atoms. The minimum atomic E-state index is -3.84. The van der Waals surface area contributed by atoms with Gasteiger partial charge in [-0.1, -0.05) is 24.0 Å². The van der Waals surface area contributed by atoms with Crippen LogP contribution < -0.4 is 4.72 Å². The summed E-state index contributed by atoms with van der Waals surface area (Å²) in [6.45, 7) is 0. The summed E-state index contributed by atoms with van der Waals surface area (Å²) in [6.07, 6.45) is 4.76. The molecule has 0 bridgehead atoms. The van der Waals surface area contributed by atoms with Crippen molar-refractivity contribution in [3.63, 3.8) is 0 Å². The van der Waals surface area contributed by atoms with Crippen LogP contribution >= 0.6 is 0 Å². The third kappa shape index (κ3) is 4.66. The fourth-order valence-corrected chi connectivity index (χ4v) is 3.90. The second-order valence-electron chi connectivity index (χ2n) is 6.58. The van der Waals surface area contributed by atoms with Gasteiger partial charge in [0.2, 0.25) is 0 Å². The van der Waals surface area contributed by atoms with Gasteiger partial charge in [0, 0.05) is 29.7 Å². The van der Waals surface area contributed by atoms with Gasteiger partial charge in [-0.2, -0.15) is 5.10 Å². The number of nitrogens with one attached hydrogen (secondary N) is 1. The molecule has 9 heteroatoms. The van der Waals surface area contributed by atoms with E-state index in [2.05, 4.69) is 26.6 Å². The van der Waals surface area contributed by atoms with Crippen molar-refractivity contribution in [2.45, 2.75) is 4.90 Å². The molecule has 0 radical (unpaired) electrons. The van der Waals surface area contributed by atoms with Crippen molar-refractivity contribution in [2.24, 2.45) is 0 Å². The number of pyridine rings is 1. The minimum absolute atomic E-state index is 0.0812. The Bertz CT molecular complexity index is 1420. The van der Waals surface area contributed by atoms with Gasteiger partial charge in [0.1, 0.15) is 5.69 Å². The average Bonchev–Trinajstić information content (AvgIpc) is 3.34. The molecule has 0 unspecified atom stereocenters. The molecule has 2 heterocycles. The zero-order valence-electron chi connectivity index (χ0n) is 16.5. The summed E-state index contributed by atoms with van der Waals surface area (Å²) in [4.78, 5) is 14.8. The molecule has 0 saturated heterocycles. The molecule has 8 nitrogen and oxygen atoms in total. The van der Waals surface area contributed by atoms with E-state index in [1.54, 1.807) is 59.5 Å². The number of carboxylic acids is 1. The van der Waals surface area contributed by atoms with Crippen LogP contribution in [0.1, 0.15) is 21.6 Å². The zero-order chi connectivity index (χ0) is 22.6. The van der Waals surface area contributed by atoms with Crippen molar-refractivity contribution >= 4 is 21.7 Å². The van der Waals surface area contributed by atoms with Gasteiger partial charge in [0.05, 0.1) is 16.3 Å². The number of anilines is 1. The first-order valence-electron chi connectivity index (χ1n) is 9.36. The highest BCUT2D eigenvalue weighted by Gasteiger charge is 2.16. The summed E-state index contributed by atoms with van der Waals surface area (Å²) in [7, 11) is -3.84. The van der Waals surface area contributed by atoms with E-state index in [4.69, 9.17) is 5.11 Å². The minimum Gasteiger partial charge on any atom is -0.477 e. The lowest BCUT2D eigenvalue weighted by Gasteiger charge is -2.10. The fraction of sp³-hybridized carbons (Fsp3) is 0. The predicted molar refractivity (Wildman–Crippen MR) is 118 cm³/mol. The van der Waals surface area contributed by atoms with Crippen LogP contribution in [0.3, 0.4) is 0 Å². The van der Waals surface area contributed by atoms with Crippen molar-refractivity contribution in [2.75, 3.05) is 4.72 Å². The van der Waals surface area contributed by atoms with Crippen LogP contribution in [0.5, 0.6) is 0 Å². The number of sulfonamides is 1. The summed E-state index contributed by atoms with van der Waals surface area (Å²) >= 11 is 0. The Morgan fingerprint density at radius 2 is 1.75 bits per heavy atom. The number of carboxylic acid groups (broad SMARTS) is 1. The maximum Gasteiger partial charge on any atom is 0.354 e. The molecule has 0 aliphatic carbocycles. The Balaban J connectivity index is 1.57. The SMILES string of the molecule is O=C(O)c1ccc(C#Cc2ccccc2NS(=O)(=O)c2ccc(-n3cccn3)cc2)cn1. The molecular formula is C23H16N4O4S. The van der Waals surface area contributed by atoms with E-state index < -0.39 is 16.0 Å². The first-order valence-corrected chi connectivity index (χ1v) is 10.8. The summed E-state index contributed by atoms with van der Waals surface area (Å²) in [5.41, 5.74) is 1.95. The molecule has 0 fully saturated rings. The number of aromatic carboxylic acids is 1. The maximum atomic E-state index is 12.9. The molecule has 0 aliphatic rings. The lowest BCUT2D eigenvalue weighted by atomic mass is 10.1. The van der Waals surface area contributed by atoms with Crippen LogP contribution in [-0.2, 0) is 10.0 Å². The van der Waals surface area contributed by atoms with Gasteiger partial charge in [-0.15, -0.1) is 0 Å². The second kappa shape index (κ2) is 8.75. The van der Waals surface area contributed by atoms with Crippen LogP contribution in [0.25, 0.3) is 5.69 Å². The number of hydrogen-bond donors (Lipinski definition) is 2. The van der Waals surface area contributed by atoms with Gasteiger partial charge >= 0.3 is 5.97 Å². The van der Waals surface area contributed by atoms with Gasteiger partial charge < -0.3 is 5.11 Å². The Hall–Kier alpha value is -4.42. The van der Waals surface area contributed by atoms with Crippen LogP contribution in [-0.4, -0.2) is 34.3 Å². The Morgan fingerprint density at radius 1 is 0.969 bits per heavy atom. The molecule has 158 valence electrons. The van der Waals surface area contributed by atoms with E-state index in [0.717, 1.165) is 5.69 Å². The standard InChI is InChI=1S/C23H16N4O4S/c28-23(29)22-13-7-17(16-24-22)6-8-18-4-1-2-5-21(18)26-32(30,31)20-11-9-19(10-12-20)27-15-3-14-25-27/h1-5,7,9-16,26H,(H,28,29). The molecule has 2 N–H and O–H groups in total. The van der Waals surface area contributed by atoms with Crippen LogP contribution in [0.4, 0.5) is 5.69 Å². The first kappa shape index (κ1) is 20.8. The summed E-state index contributed by atoms with van der Waals surface area (Å²) in [5, 5.41) is 13.0. The normalized spacial score (nSPS) is 10.8. The predicted octanol–water partition coefficient (Wildman–Crippen LogP) is 3.17. The number of para-hydroxylation sites is 1. The highest BCUT2D eigenvalue weighted by atomic mass is 32.2. The summed E-state index contributed by atoms with van der Waals surface area (Å²) in [6, 6.07) is 17.8. The first-order chi connectivity index (χ1) is 15.4. The number of hydrogen-bond acceptors (Lipinski definition) is 5. The van der Waals surface area contributed by atoms with E-state index in [1.807, 2.05) is 0 Å². The molecule has 4 aromatic rings. The van der Waals surface area contributed by atoms with Crippen molar-refractivity contribution < 1.29 is 18.3 Å². The van der Waals surface area contributed by atoms with E-state index in [1.165, 1.54) is 30.5 Å². The number of nitrogens with zero attached hydrogens (tertiary/aromatic N) is 3. The fourth-order valence-electron chi connectivity index (χ4n) is 2.82. The van der Waals surface area contributed by atoms with Crippen molar-refractivity contribution in [3.8, 4) is 17.5 Å². The Labute approximate surface area is 184 Å². The smallest absolute Gasteiger partial charge is 0.354 e. The molecule has 0 spiro atoms. The summed E-state index contributed by atoms with van der Waals surface area (Å²) in [5.74, 6) is 4.65. The molecule has 0 atom stereocenters. The van der Waals surface area contributed by atoms with Crippen LogP contribution in [0.2, 0.25) is 0 Å². The molecule has 0 amide bonds. The lowest BCUT2D eigenvalue weighted by molar-refractivity contribution is 0.0690. The number of aromatic nitrogens is 3. The number of benzene rings is 2. The molecule has 4 rings (SSSR count). The third-order valence-electron chi connectivity index (χ3n) is 4.41. The van der Waals surface area contributed by atoms with Gasteiger partial charge in [-0.05, 0) is 54.6 Å². The topological polar surface area (TPSA) is 114 Å². The Kier molecular flexibility index (Phi) is 5.70. The van der Waals surface area contributed by atoms with Gasteiger partial charge in [0.25, 0.3) is 10.0 Å². The second-order valence-corrected chi connectivity index (χ2v) is 8.27. The van der Waals surface area contributed by atoms with Crippen LogP contribution in [0, 0.1) is 11.8 Å². The highest BCUT2D eigenvalue weighted by molar-refractivity contribution is 7.92. The quantitative estimate of drug-likeness (QED) is 0.457. The maximum absolute atomic E-state index is 12.9. The lowest BCUT2D eigenvalue weighted by Crippen LogP contribution is -2.14. The number of rotatable bonds is 5.